The van der Waals surface area contributed by atoms with Crippen LogP contribution in [-0.4, -0.2) is 30.5 Å². The molecule has 0 spiro atoms. The summed E-state index contributed by atoms with van der Waals surface area (Å²) in [7, 11) is -1.72. The molecule has 0 radical (unpaired) electrons. The third-order valence-corrected chi connectivity index (χ3v) is 8.10. The Hall–Kier alpha value is -0.643. The van der Waals surface area contributed by atoms with E-state index in [-0.39, 0.29) is 5.54 Å². The van der Waals surface area contributed by atoms with Crippen LogP contribution in [0, 0.1) is 0 Å². The van der Waals surface area contributed by atoms with E-state index < -0.39 is 20.3 Å². The Labute approximate surface area is 99.0 Å². The van der Waals surface area contributed by atoms with Gasteiger partial charge in [-0.25, -0.2) is 0 Å². The van der Waals surface area contributed by atoms with Crippen LogP contribution in [0.25, 0.3) is 0 Å². The van der Waals surface area contributed by atoms with Crippen molar-refractivity contribution in [1.29, 1.82) is 0 Å². The normalized spacial score (nSPS) is 17.9. The van der Waals surface area contributed by atoms with Gasteiger partial charge in [-0.1, -0.05) is 55.5 Å². The lowest BCUT2D eigenvalue weighted by Crippen LogP contribution is -2.50. The molecule has 0 unspecified atom stereocenters. The van der Waals surface area contributed by atoms with Crippen molar-refractivity contribution >= 4 is 13.3 Å². The zero-order valence-corrected chi connectivity index (χ0v) is 11.5. The summed E-state index contributed by atoms with van der Waals surface area (Å²) in [6.07, 6.45) is -1.30. The highest BCUT2D eigenvalue weighted by Gasteiger charge is 2.36. The largest absolute Gasteiger partial charge is 0.391 e. The minimum absolute atomic E-state index is 0.134. The molecule has 3 heteroatoms. The second-order valence-electron chi connectivity index (χ2n) is 5.11. The van der Waals surface area contributed by atoms with Crippen molar-refractivity contribution in [1.82, 2.24) is 0 Å². The lowest BCUT2D eigenvalue weighted by atomic mass is 10.2. The number of rotatable bonds is 4. The Morgan fingerprint density at radius 1 is 1.00 bits per heavy atom. The third kappa shape index (κ3) is 2.73. The molecule has 0 aliphatic heterocycles. The van der Waals surface area contributed by atoms with Gasteiger partial charge in [0, 0.05) is 0 Å². The van der Waals surface area contributed by atoms with Gasteiger partial charge >= 0.3 is 0 Å². The minimum atomic E-state index is -1.72. The number of hydrogen-bond donors (Lipinski definition) is 2. The van der Waals surface area contributed by atoms with E-state index in [1.54, 1.807) is 6.92 Å². The maximum Gasteiger partial charge on any atom is 0.0860 e. The van der Waals surface area contributed by atoms with E-state index in [1.807, 2.05) is 25.1 Å². The topological polar surface area (TPSA) is 40.5 Å². The highest BCUT2D eigenvalue weighted by molar-refractivity contribution is 6.91. The van der Waals surface area contributed by atoms with Crippen LogP contribution in [0.1, 0.15) is 13.8 Å². The molecule has 0 saturated carbocycles. The van der Waals surface area contributed by atoms with E-state index >= 15 is 0 Å². The Balaban J connectivity index is 2.93. The van der Waals surface area contributed by atoms with Crippen molar-refractivity contribution in [3.8, 4) is 0 Å². The Bertz CT molecular complexity index is 322. The van der Waals surface area contributed by atoms with Crippen LogP contribution in [0.4, 0.5) is 0 Å². The molecule has 0 bridgehead atoms. The predicted molar refractivity (Wildman–Crippen MR) is 70.7 cm³/mol. The molecule has 2 N–H and O–H groups in total. The van der Waals surface area contributed by atoms with Gasteiger partial charge in [-0.15, -0.1) is 0 Å². The molecule has 90 valence electrons. The minimum Gasteiger partial charge on any atom is -0.391 e. The quantitative estimate of drug-likeness (QED) is 0.784. The lowest BCUT2D eigenvalue weighted by Gasteiger charge is -2.34. The van der Waals surface area contributed by atoms with Gasteiger partial charge in [0.05, 0.1) is 20.3 Å². The van der Waals surface area contributed by atoms with Crippen LogP contribution in [0.5, 0.6) is 0 Å². The summed E-state index contributed by atoms with van der Waals surface area (Å²) in [5, 5.41) is 20.8. The average Bonchev–Trinajstić information content (AvgIpc) is 2.28. The van der Waals surface area contributed by atoms with Crippen LogP contribution >= 0.6 is 0 Å². The molecule has 16 heavy (non-hydrogen) atoms. The summed E-state index contributed by atoms with van der Waals surface area (Å²) >= 11 is 0. The van der Waals surface area contributed by atoms with Crippen molar-refractivity contribution in [3.63, 3.8) is 0 Å². The van der Waals surface area contributed by atoms with Crippen LogP contribution in [0.2, 0.25) is 18.6 Å². The number of aliphatic hydroxyl groups is 2. The van der Waals surface area contributed by atoms with Crippen LogP contribution in [0.15, 0.2) is 30.3 Å². The van der Waals surface area contributed by atoms with E-state index in [2.05, 4.69) is 25.2 Å². The summed E-state index contributed by atoms with van der Waals surface area (Å²) in [6.45, 7) is 8.16. The standard InChI is InChI=1S/C13H22O2Si/c1-10(14)13(15)11(2)16(3,4)12-8-6-5-7-9-12/h5-11,13-15H,1-4H3/t10-,11-,13+/m0/s1. The maximum absolute atomic E-state index is 9.98. The van der Waals surface area contributed by atoms with E-state index in [4.69, 9.17) is 0 Å². The molecule has 0 fully saturated rings. The highest BCUT2D eigenvalue weighted by Crippen LogP contribution is 2.26. The van der Waals surface area contributed by atoms with Crippen LogP contribution in [-0.2, 0) is 0 Å². The van der Waals surface area contributed by atoms with Gasteiger partial charge in [0.25, 0.3) is 0 Å². The van der Waals surface area contributed by atoms with Gasteiger partial charge in [-0.2, -0.15) is 0 Å². The van der Waals surface area contributed by atoms with Crippen molar-refractivity contribution < 1.29 is 10.2 Å². The first-order chi connectivity index (χ1) is 7.37. The summed E-state index contributed by atoms with van der Waals surface area (Å²) in [4.78, 5) is 0. The fourth-order valence-corrected chi connectivity index (χ4v) is 4.68. The van der Waals surface area contributed by atoms with Gasteiger partial charge in [0.15, 0.2) is 0 Å². The van der Waals surface area contributed by atoms with Crippen molar-refractivity contribution in [2.75, 3.05) is 0 Å². The van der Waals surface area contributed by atoms with Gasteiger partial charge in [0.2, 0.25) is 0 Å². The van der Waals surface area contributed by atoms with Crippen LogP contribution in [0.3, 0.4) is 0 Å². The van der Waals surface area contributed by atoms with E-state index in [1.165, 1.54) is 5.19 Å². The SMILES string of the molecule is C[C@H](O)[C@@H](O)[C@H](C)[Si](C)(C)c1ccccc1. The number of hydrogen-bond acceptors (Lipinski definition) is 2. The first kappa shape index (κ1) is 13.4. The molecule has 0 saturated heterocycles. The van der Waals surface area contributed by atoms with Gasteiger partial charge in [-0.05, 0) is 12.5 Å². The summed E-state index contributed by atoms with van der Waals surface area (Å²) < 4.78 is 0. The molecule has 1 aromatic carbocycles. The highest BCUT2D eigenvalue weighted by atomic mass is 28.3. The van der Waals surface area contributed by atoms with Crippen molar-refractivity contribution in [3.05, 3.63) is 30.3 Å². The first-order valence-electron chi connectivity index (χ1n) is 5.79. The van der Waals surface area contributed by atoms with Gasteiger partial charge in [-0.3, -0.25) is 0 Å². The molecule has 0 heterocycles. The van der Waals surface area contributed by atoms with E-state index in [9.17, 15) is 10.2 Å². The molecule has 0 aliphatic carbocycles. The fourth-order valence-electron chi connectivity index (χ4n) is 1.98. The Kier molecular flexibility index (Phi) is 4.30. The number of benzene rings is 1. The predicted octanol–water partition coefficient (Wildman–Crippen LogP) is 1.73. The molecule has 1 rings (SSSR count). The summed E-state index contributed by atoms with van der Waals surface area (Å²) in [5.74, 6) is 0. The zero-order chi connectivity index (χ0) is 12.3. The average molecular weight is 238 g/mol. The second-order valence-corrected chi connectivity index (χ2v) is 10.0. The molecule has 2 nitrogen and oxygen atoms in total. The van der Waals surface area contributed by atoms with Crippen molar-refractivity contribution in [2.24, 2.45) is 0 Å². The summed E-state index contributed by atoms with van der Waals surface area (Å²) in [6, 6.07) is 10.3. The third-order valence-electron chi connectivity index (χ3n) is 3.66. The van der Waals surface area contributed by atoms with Gasteiger partial charge < -0.3 is 10.2 Å². The second kappa shape index (κ2) is 5.12. The summed E-state index contributed by atoms with van der Waals surface area (Å²) in [5.41, 5.74) is 0.134. The van der Waals surface area contributed by atoms with E-state index in [0.717, 1.165) is 0 Å². The molecule has 3 atom stereocenters. The Morgan fingerprint density at radius 3 is 1.94 bits per heavy atom. The molecule has 0 aliphatic rings. The molecule has 0 amide bonds. The fraction of sp³-hybridized carbons (Fsp3) is 0.538. The monoisotopic (exact) mass is 238 g/mol. The molecular formula is C13H22O2Si. The zero-order valence-electron chi connectivity index (χ0n) is 10.5. The molecule has 1 aromatic rings. The molecule has 0 aromatic heterocycles. The Morgan fingerprint density at radius 2 is 1.50 bits per heavy atom. The lowest BCUT2D eigenvalue weighted by molar-refractivity contribution is 0.0284. The van der Waals surface area contributed by atoms with Crippen LogP contribution < -0.4 is 5.19 Å². The van der Waals surface area contributed by atoms with Gasteiger partial charge in [0.1, 0.15) is 0 Å². The number of aliphatic hydroxyl groups excluding tert-OH is 2. The van der Waals surface area contributed by atoms with E-state index in [0.29, 0.717) is 0 Å². The molecular weight excluding hydrogens is 216 g/mol. The van der Waals surface area contributed by atoms with Crippen molar-refractivity contribution in [2.45, 2.75) is 44.7 Å². The maximum atomic E-state index is 9.98. The smallest absolute Gasteiger partial charge is 0.0860 e. The first-order valence-corrected chi connectivity index (χ1v) is 8.86.